The van der Waals surface area contributed by atoms with Crippen LogP contribution in [0, 0.1) is 5.92 Å². The van der Waals surface area contributed by atoms with E-state index in [9.17, 15) is 0 Å². The number of ether oxygens (including phenoxy) is 2. The van der Waals surface area contributed by atoms with E-state index in [2.05, 4.69) is 17.6 Å². The largest absolute Gasteiger partial charge is 0.481 e. The molecule has 2 rings (SSSR count). The van der Waals surface area contributed by atoms with E-state index < -0.39 is 0 Å². The van der Waals surface area contributed by atoms with E-state index >= 15 is 0 Å². The van der Waals surface area contributed by atoms with E-state index in [1.807, 2.05) is 18.3 Å². The highest BCUT2D eigenvalue weighted by molar-refractivity contribution is 5.25. The van der Waals surface area contributed by atoms with Crippen molar-refractivity contribution in [1.82, 2.24) is 4.98 Å². The summed E-state index contributed by atoms with van der Waals surface area (Å²) in [4.78, 5) is 4.26. The molecule has 0 radical (unpaired) electrons. The molecule has 92 valence electrons. The van der Waals surface area contributed by atoms with Gasteiger partial charge in [0.15, 0.2) is 0 Å². The number of rotatable bonds is 4. The minimum atomic E-state index is 0.373. The van der Waals surface area contributed by atoms with Gasteiger partial charge in [-0.1, -0.05) is 12.1 Å². The Hall–Kier alpha value is -1.35. The lowest BCUT2D eigenvalue weighted by Crippen LogP contribution is -2.21. The van der Waals surface area contributed by atoms with Crippen molar-refractivity contribution in [2.45, 2.75) is 18.8 Å². The first-order valence-corrected chi connectivity index (χ1v) is 6.05. The summed E-state index contributed by atoms with van der Waals surface area (Å²) >= 11 is 0. The number of hydrogen-bond donors (Lipinski definition) is 0. The lowest BCUT2D eigenvalue weighted by Gasteiger charge is -2.28. The number of nitrogens with zero attached hydrogens (tertiary/aromatic N) is 1. The molecule has 0 aromatic carbocycles. The Morgan fingerprint density at radius 1 is 1.47 bits per heavy atom. The van der Waals surface area contributed by atoms with E-state index in [-0.39, 0.29) is 0 Å². The third-order valence-corrected chi connectivity index (χ3v) is 3.38. The van der Waals surface area contributed by atoms with Crippen LogP contribution in [0.4, 0.5) is 0 Å². The fraction of sp³-hybridized carbons (Fsp3) is 0.500. The second kappa shape index (κ2) is 5.82. The van der Waals surface area contributed by atoms with Gasteiger partial charge < -0.3 is 9.47 Å². The average Bonchev–Trinajstić information content (AvgIpc) is 2.42. The molecule has 3 heteroatoms. The summed E-state index contributed by atoms with van der Waals surface area (Å²) < 4.78 is 10.5. The average molecular weight is 233 g/mol. The monoisotopic (exact) mass is 233 g/mol. The van der Waals surface area contributed by atoms with Gasteiger partial charge in [0.1, 0.15) is 0 Å². The first-order chi connectivity index (χ1) is 8.35. The Morgan fingerprint density at radius 2 is 2.24 bits per heavy atom. The molecule has 1 aromatic rings. The van der Waals surface area contributed by atoms with Gasteiger partial charge in [0, 0.05) is 31.4 Å². The number of allylic oxidation sites excluding steroid dienone is 1. The van der Waals surface area contributed by atoms with Crippen molar-refractivity contribution >= 4 is 0 Å². The van der Waals surface area contributed by atoms with Crippen molar-refractivity contribution in [3.05, 3.63) is 36.5 Å². The second-order valence-electron chi connectivity index (χ2n) is 4.35. The summed E-state index contributed by atoms with van der Waals surface area (Å²) in [7, 11) is 1.63. The molecule has 3 nitrogen and oxygen atoms in total. The summed E-state index contributed by atoms with van der Waals surface area (Å²) in [5.41, 5.74) is 1.22. The number of pyridine rings is 1. The number of hydrogen-bond acceptors (Lipinski definition) is 3. The minimum absolute atomic E-state index is 0.373. The van der Waals surface area contributed by atoms with Gasteiger partial charge in [0.25, 0.3) is 0 Å². The standard InChI is InChI=1S/C14H19NO2/c1-3-13(11-6-8-17-9-7-11)12-4-5-14(16-2)15-10-12/h3-5,10-11,13H,1,6-9H2,2H3. The third kappa shape index (κ3) is 2.86. The molecular formula is C14H19NO2. The molecule has 0 N–H and O–H groups in total. The lowest BCUT2D eigenvalue weighted by atomic mass is 9.82. The van der Waals surface area contributed by atoms with Gasteiger partial charge in [-0.3, -0.25) is 0 Å². The highest BCUT2D eigenvalue weighted by Crippen LogP contribution is 2.32. The molecule has 1 unspecified atom stereocenters. The number of aromatic nitrogens is 1. The first kappa shape index (κ1) is 12.1. The lowest BCUT2D eigenvalue weighted by molar-refractivity contribution is 0.0623. The van der Waals surface area contributed by atoms with Crippen LogP contribution in [0.1, 0.15) is 24.3 Å². The quantitative estimate of drug-likeness (QED) is 0.749. The van der Waals surface area contributed by atoms with Crippen molar-refractivity contribution in [3.63, 3.8) is 0 Å². The van der Waals surface area contributed by atoms with Gasteiger partial charge in [0.05, 0.1) is 7.11 Å². The van der Waals surface area contributed by atoms with Crippen molar-refractivity contribution in [2.75, 3.05) is 20.3 Å². The van der Waals surface area contributed by atoms with Crippen LogP contribution < -0.4 is 4.74 Å². The molecule has 0 aliphatic carbocycles. The molecule has 1 aromatic heterocycles. The van der Waals surface area contributed by atoms with E-state index in [0.29, 0.717) is 17.7 Å². The van der Waals surface area contributed by atoms with Crippen LogP contribution in [0.3, 0.4) is 0 Å². The summed E-state index contributed by atoms with van der Waals surface area (Å²) in [5.74, 6) is 1.65. The minimum Gasteiger partial charge on any atom is -0.481 e. The Morgan fingerprint density at radius 3 is 2.76 bits per heavy atom. The van der Waals surface area contributed by atoms with Crippen LogP contribution in [0.15, 0.2) is 31.0 Å². The smallest absolute Gasteiger partial charge is 0.212 e. The second-order valence-corrected chi connectivity index (χ2v) is 4.35. The predicted molar refractivity (Wildman–Crippen MR) is 67.3 cm³/mol. The van der Waals surface area contributed by atoms with Crippen LogP contribution in [-0.2, 0) is 4.74 Å². The molecule has 1 atom stereocenters. The normalized spacial score (nSPS) is 18.6. The van der Waals surface area contributed by atoms with Crippen LogP contribution in [-0.4, -0.2) is 25.3 Å². The SMILES string of the molecule is C=CC(c1ccc(OC)nc1)C1CCOCC1. The van der Waals surface area contributed by atoms with Crippen LogP contribution in [0.2, 0.25) is 0 Å². The van der Waals surface area contributed by atoms with Gasteiger partial charge in [-0.15, -0.1) is 6.58 Å². The molecule has 1 aliphatic heterocycles. The van der Waals surface area contributed by atoms with E-state index in [1.54, 1.807) is 7.11 Å². The molecule has 1 fully saturated rings. The predicted octanol–water partition coefficient (Wildman–Crippen LogP) is 2.79. The first-order valence-electron chi connectivity index (χ1n) is 6.05. The Labute approximate surface area is 102 Å². The highest BCUT2D eigenvalue weighted by atomic mass is 16.5. The zero-order chi connectivity index (χ0) is 12.1. The van der Waals surface area contributed by atoms with Crippen LogP contribution in [0.25, 0.3) is 0 Å². The van der Waals surface area contributed by atoms with Crippen molar-refractivity contribution in [1.29, 1.82) is 0 Å². The summed E-state index contributed by atoms with van der Waals surface area (Å²) in [6.45, 7) is 5.67. The van der Waals surface area contributed by atoms with Crippen molar-refractivity contribution in [3.8, 4) is 5.88 Å². The van der Waals surface area contributed by atoms with Gasteiger partial charge in [-0.05, 0) is 24.3 Å². The zero-order valence-corrected chi connectivity index (χ0v) is 10.3. The molecule has 2 heterocycles. The molecule has 1 aliphatic rings. The Bertz CT molecular complexity index is 355. The molecule has 17 heavy (non-hydrogen) atoms. The maximum atomic E-state index is 5.40. The van der Waals surface area contributed by atoms with Gasteiger partial charge in [-0.25, -0.2) is 4.98 Å². The summed E-state index contributed by atoms with van der Waals surface area (Å²) in [5, 5.41) is 0. The highest BCUT2D eigenvalue weighted by Gasteiger charge is 2.23. The van der Waals surface area contributed by atoms with E-state index in [4.69, 9.17) is 9.47 Å². The van der Waals surface area contributed by atoms with Gasteiger partial charge in [-0.2, -0.15) is 0 Å². The maximum absolute atomic E-state index is 5.40. The van der Waals surface area contributed by atoms with Gasteiger partial charge >= 0.3 is 0 Å². The molecular weight excluding hydrogens is 214 g/mol. The Balaban J connectivity index is 2.12. The number of methoxy groups -OCH3 is 1. The summed E-state index contributed by atoms with van der Waals surface area (Å²) in [6.07, 6.45) is 6.12. The van der Waals surface area contributed by atoms with E-state index in [0.717, 1.165) is 26.1 Å². The van der Waals surface area contributed by atoms with Crippen molar-refractivity contribution < 1.29 is 9.47 Å². The summed E-state index contributed by atoms with van der Waals surface area (Å²) in [6, 6.07) is 3.98. The maximum Gasteiger partial charge on any atom is 0.212 e. The molecule has 0 saturated carbocycles. The molecule has 0 spiro atoms. The van der Waals surface area contributed by atoms with Crippen molar-refractivity contribution in [2.24, 2.45) is 5.92 Å². The fourth-order valence-corrected chi connectivity index (χ4v) is 2.39. The Kier molecular flexibility index (Phi) is 4.15. The van der Waals surface area contributed by atoms with Crippen LogP contribution >= 0.6 is 0 Å². The molecule has 0 amide bonds. The fourth-order valence-electron chi connectivity index (χ4n) is 2.39. The third-order valence-electron chi connectivity index (χ3n) is 3.38. The topological polar surface area (TPSA) is 31.4 Å². The van der Waals surface area contributed by atoms with E-state index in [1.165, 1.54) is 5.56 Å². The van der Waals surface area contributed by atoms with Crippen LogP contribution in [0.5, 0.6) is 5.88 Å². The zero-order valence-electron chi connectivity index (χ0n) is 10.3. The molecule has 0 bridgehead atoms. The molecule has 1 saturated heterocycles. The van der Waals surface area contributed by atoms with Gasteiger partial charge in [0.2, 0.25) is 5.88 Å².